The van der Waals surface area contributed by atoms with E-state index in [4.69, 9.17) is 4.74 Å². The minimum atomic E-state index is -0.845. The predicted octanol–water partition coefficient (Wildman–Crippen LogP) is 24.4. The standard InChI is InChI=1S/C77H145NO5/c1-3-5-7-9-11-13-15-17-19-21-35-38-41-45-49-53-57-61-65-69-75(80)74(73-79)78-76(81)70-66-62-58-54-50-46-42-39-36-33-31-29-27-25-23-22-24-26-28-30-32-34-37-40-44-48-52-56-60-64-68-72-83-77(82)71-67-63-59-55-51-47-43-20-18-16-14-12-10-8-6-4-2/h20,24,26,30,32,43,65,69,74-75,79-80H,3-19,21-23,25,27-29,31,33-42,44-64,66-68,70-73H2,1-2H3,(H,78,81)/b26-24-,32-30-,43-20-,69-65+. The van der Waals surface area contributed by atoms with Crippen molar-refractivity contribution in [2.24, 2.45) is 0 Å². The number of nitrogens with one attached hydrogen (secondary N) is 1. The maximum absolute atomic E-state index is 12.5. The average Bonchev–Trinajstić information content (AvgIpc) is 3.48. The molecule has 0 aromatic rings. The van der Waals surface area contributed by atoms with Gasteiger partial charge in [0.2, 0.25) is 5.91 Å². The van der Waals surface area contributed by atoms with Crippen LogP contribution in [0.15, 0.2) is 48.6 Å². The highest BCUT2D eigenvalue weighted by molar-refractivity contribution is 5.76. The Balaban J connectivity index is 3.41. The van der Waals surface area contributed by atoms with Crippen LogP contribution in [0, 0.1) is 0 Å². The molecule has 488 valence electrons. The van der Waals surface area contributed by atoms with Gasteiger partial charge in [-0.2, -0.15) is 0 Å². The molecule has 0 spiro atoms. The van der Waals surface area contributed by atoms with Crippen LogP contribution < -0.4 is 5.32 Å². The van der Waals surface area contributed by atoms with Crippen LogP contribution in [0.4, 0.5) is 0 Å². The van der Waals surface area contributed by atoms with Crippen molar-refractivity contribution in [2.75, 3.05) is 13.2 Å². The van der Waals surface area contributed by atoms with Gasteiger partial charge in [0, 0.05) is 12.8 Å². The molecular formula is C77H145NO5. The Morgan fingerprint density at radius 2 is 0.602 bits per heavy atom. The zero-order valence-corrected chi connectivity index (χ0v) is 55.9. The van der Waals surface area contributed by atoms with E-state index in [-0.39, 0.29) is 18.5 Å². The third-order valence-electron chi connectivity index (χ3n) is 17.3. The lowest BCUT2D eigenvalue weighted by Gasteiger charge is -2.20. The van der Waals surface area contributed by atoms with Gasteiger partial charge in [-0.15, -0.1) is 0 Å². The zero-order valence-electron chi connectivity index (χ0n) is 55.9. The number of carbonyl (C=O) groups is 2. The largest absolute Gasteiger partial charge is 0.466 e. The molecule has 6 heteroatoms. The molecule has 0 aliphatic rings. The first-order valence-corrected chi connectivity index (χ1v) is 37.4. The van der Waals surface area contributed by atoms with Gasteiger partial charge in [-0.25, -0.2) is 0 Å². The van der Waals surface area contributed by atoms with Gasteiger partial charge < -0.3 is 20.3 Å². The Kier molecular flexibility index (Phi) is 70.4. The lowest BCUT2D eigenvalue weighted by molar-refractivity contribution is -0.143. The molecule has 0 rings (SSSR count). The van der Waals surface area contributed by atoms with Crippen molar-refractivity contribution in [3.63, 3.8) is 0 Å². The predicted molar refractivity (Wildman–Crippen MR) is 366 cm³/mol. The van der Waals surface area contributed by atoms with E-state index in [1.807, 2.05) is 6.08 Å². The van der Waals surface area contributed by atoms with Crippen molar-refractivity contribution in [3.05, 3.63) is 48.6 Å². The first-order chi connectivity index (χ1) is 41.0. The van der Waals surface area contributed by atoms with Gasteiger partial charge in [0.1, 0.15) is 0 Å². The molecule has 0 saturated heterocycles. The van der Waals surface area contributed by atoms with Crippen molar-refractivity contribution >= 4 is 11.9 Å². The summed E-state index contributed by atoms with van der Waals surface area (Å²) in [6, 6.07) is -0.629. The molecule has 2 unspecified atom stereocenters. The summed E-state index contributed by atoms with van der Waals surface area (Å²) < 4.78 is 5.49. The number of rotatable bonds is 70. The number of carbonyl (C=O) groups excluding carboxylic acids is 2. The summed E-state index contributed by atoms with van der Waals surface area (Å²) in [5.41, 5.74) is 0. The summed E-state index contributed by atoms with van der Waals surface area (Å²) in [5, 5.41) is 23.2. The highest BCUT2D eigenvalue weighted by Gasteiger charge is 2.18. The molecule has 0 aromatic heterocycles. The first kappa shape index (κ1) is 80.8. The summed E-state index contributed by atoms with van der Waals surface area (Å²) in [6.07, 6.45) is 94.9. The van der Waals surface area contributed by atoms with Crippen LogP contribution in [0.5, 0.6) is 0 Å². The lowest BCUT2D eigenvalue weighted by Crippen LogP contribution is -2.45. The van der Waals surface area contributed by atoms with Crippen molar-refractivity contribution in [1.82, 2.24) is 5.32 Å². The van der Waals surface area contributed by atoms with Crippen LogP contribution in [-0.2, 0) is 14.3 Å². The SMILES string of the molecule is CCCCCCCCC/C=C\CCCCCCCC(=O)OCCCCCCCCCCC/C=C\C/C=C\CCCCCCCCCCCCCCCCCC(=O)NC(CO)C(O)/C=C/CCCCCCCCCCCCCCCCCCC. The van der Waals surface area contributed by atoms with E-state index in [1.165, 1.54) is 327 Å². The summed E-state index contributed by atoms with van der Waals surface area (Å²) in [7, 11) is 0. The smallest absolute Gasteiger partial charge is 0.305 e. The third kappa shape index (κ3) is 68.8. The number of aliphatic hydroxyl groups is 2. The van der Waals surface area contributed by atoms with E-state index in [9.17, 15) is 19.8 Å². The van der Waals surface area contributed by atoms with E-state index in [0.717, 1.165) is 51.4 Å². The second kappa shape index (κ2) is 72.3. The van der Waals surface area contributed by atoms with Crippen molar-refractivity contribution in [2.45, 2.75) is 418 Å². The monoisotopic (exact) mass is 1160 g/mol. The van der Waals surface area contributed by atoms with Gasteiger partial charge in [-0.3, -0.25) is 9.59 Å². The van der Waals surface area contributed by atoms with E-state index in [1.54, 1.807) is 6.08 Å². The van der Waals surface area contributed by atoms with Gasteiger partial charge >= 0.3 is 5.97 Å². The molecule has 0 aliphatic heterocycles. The van der Waals surface area contributed by atoms with Crippen LogP contribution >= 0.6 is 0 Å². The van der Waals surface area contributed by atoms with E-state index < -0.39 is 12.1 Å². The molecule has 0 heterocycles. The number of hydrogen-bond acceptors (Lipinski definition) is 5. The second-order valence-corrected chi connectivity index (χ2v) is 25.6. The van der Waals surface area contributed by atoms with Crippen LogP contribution in [0.1, 0.15) is 406 Å². The topological polar surface area (TPSA) is 95.9 Å². The van der Waals surface area contributed by atoms with Crippen molar-refractivity contribution in [1.29, 1.82) is 0 Å². The fourth-order valence-electron chi connectivity index (χ4n) is 11.6. The fraction of sp³-hybridized carbons (Fsp3) is 0.870. The minimum Gasteiger partial charge on any atom is -0.466 e. The number of aliphatic hydroxyl groups excluding tert-OH is 2. The van der Waals surface area contributed by atoms with Crippen LogP contribution in [-0.4, -0.2) is 47.4 Å². The Bertz CT molecular complexity index is 1390. The van der Waals surface area contributed by atoms with E-state index in [0.29, 0.717) is 19.4 Å². The van der Waals surface area contributed by atoms with Gasteiger partial charge in [0.05, 0.1) is 25.4 Å². The molecule has 0 bridgehead atoms. The Morgan fingerprint density at radius 3 is 0.928 bits per heavy atom. The van der Waals surface area contributed by atoms with Gasteiger partial charge in [-0.05, 0) is 89.9 Å². The summed E-state index contributed by atoms with van der Waals surface area (Å²) in [6.45, 7) is 4.93. The van der Waals surface area contributed by atoms with Crippen molar-refractivity contribution < 1.29 is 24.5 Å². The molecule has 0 aliphatic carbocycles. The van der Waals surface area contributed by atoms with Gasteiger partial charge in [-0.1, -0.05) is 351 Å². The second-order valence-electron chi connectivity index (χ2n) is 25.6. The van der Waals surface area contributed by atoms with Crippen LogP contribution in [0.2, 0.25) is 0 Å². The Hall–Kier alpha value is -2.18. The number of allylic oxidation sites excluding steroid dienone is 7. The summed E-state index contributed by atoms with van der Waals surface area (Å²) >= 11 is 0. The molecule has 0 radical (unpaired) electrons. The lowest BCUT2D eigenvalue weighted by atomic mass is 10.0. The molecule has 0 fully saturated rings. The first-order valence-electron chi connectivity index (χ1n) is 37.4. The third-order valence-corrected chi connectivity index (χ3v) is 17.3. The Labute approximate surface area is 518 Å². The summed E-state index contributed by atoms with van der Waals surface area (Å²) in [5.74, 6) is -0.0584. The molecule has 6 nitrogen and oxygen atoms in total. The van der Waals surface area contributed by atoms with Crippen LogP contribution in [0.25, 0.3) is 0 Å². The van der Waals surface area contributed by atoms with Gasteiger partial charge in [0.25, 0.3) is 0 Å². The average molecular weight is 1170 g/mol. The number of esters is 1. The number of amides is 1. The van der Waals surface area contributed by atoms with Crippen molar-refractivity contribution in [3.8, 4) is 0 Å². The maximum Gasteiger partial charge on any atom is 0.305 e. The number of unbranched alkanes of at least 4 members (excludes halogenated alkanes) is 53. The molecule has 83 heavy (non-hydrogen) atoms. The van der Waals surface area contributed by atoms with E-state index >= 15 is 0 Å². The molecule has 3 N–H and O–H groups in total. The minimum absolute atomic E-state index is 0.00582. The maximum atomic E-state index is 12.5. The number of hydrogen-bond donors (Lipinski definition) is 3. The number of ether oxygens (including phenoxy) is 1. The molecular weight excluding hydrogens is 1020 g/mol. The molecule has 0 aromatic carbocycles. The molecule has 2 atom stereocenters. The summed E-state index contributed by atoms with van der Waals surface area (Å²) in [4.78, 5) is 24.6. The Morgan fingerprint density at radius 1 is 0.337 bits per heavy atom. The zero-order chi connectivity index (χ0) is 59.9. The highest BCUT2D eigenvalue weighted by Crippen LogP contribution is 2.18. The highest BCUT2D eigenvalue weighted by atomic mass is 16.5. The van der Waals surface area contributed by atoms with Gasteiger partial charge in [0.15, 0.2) is 0 Å². The molecule has 1 amide bonds. The molecule has 0 saturated carbocycles. The fourth-order valence-corrected chi connectivity index (χ4v) is 11.6. The van der Waals surface area contributed by atoms with Crippen LogP contribution in [0.3, 0.4) is 0 Å². The normalized spacial score (nSPS) is 12.8. The van der Waals surface area contributed by atoms with E-state index in [2.05, 4.69) is 55.6 Å². The quantitative estimate of drug-likeness (QED) is 0.0320.